The lowest BCUT2D eigenvalue weighted by Gasteiger charge is -2.38. The SMILES string of the molecule is NC1CCN(C(=O)[C@H](N(OC(=O)C(F)(F)F)S(=O)(=O)c2ccc3cc(OC4CCCC4)ccc3c2)C(F)(F)c2cccc(-c3ccccc3)c2)CC1. The lowest BCUT2D eigenvalue weighted by molar-refractivity contribution is -0.239. The first-order valence-corrected chi connectivity index (χ1v) is 18.2. The number of hydroxylamine groups is 1. The molecule has 9 nitrogen and oxygen atoms in total. The molecule has 2 aliphatic rings. The Labute approximate surface area is 297 Å². The maximum atomic E-state index is 17.0. The number of nitrogens with two attached hydrogens (primary N) is 1. The molecule has 1 aliphatic carbocycles. The number of amides is 1. The number of sulfonamides is 1. The van der Waals surface area contributed by atoms with Gasteiger partial charge in [0.25, 0.3) is 15.9 Å². The zero-order chi connectivity index (χ0) is 37.3. The van der Waals surface area contributed by atoms with E-state index in [9.17, 15) is 31.2 Å². The Morgan fingerprint density at radius 1 is 0.788 bits per heavy atom. The minimum Gasteiger partial charge on any atom is -0.490 e. The fourth-order valence-corrected chi connectivity index (χ4v) is 7.87. The highest BCUT2D eigenvalue weighted by Gasteiger charge is 2.58. The van der Waals surface area contributed by atoms with E-state index in [0.717, 1.165) is 54.8 Å². The predicted molar refractivity (Wildman–Crippen MR) is 181 cm³/mol. The number of alkyl halides is 5. The molecule has 2 fully saturated rings. The highest BCUT2D eigenvalue weighted by Crippen LogP contribution is 2.41. The molecule has 0 radical (unpaired) electrons. The van der Waals surface area contributed by atoms with Gasteiger partial charge in [0.15, 0.2) is 0 Å². The average molecular weight is 746 g/mol. The Kier molecular flexibility index (Phi) is 10.6. The smallest absolute Gasteiger partial charge is 0.490 e. The maximum Gasteiger partial charge on any atom is 0.492 e. The Morgan fingerprint density at radius 3 is 2.10 bits per heavy atom. The van der Waals surface area contributed by atoms with Crippen LogP contribution in [0.2, 0.25) is 0 Å². The second-order valence-electron chi connectivity index (χ2n) is 13.0. The van der Waals surface area contributed by atoms with Gasteiger partial charge in [-0.3, -0.25) is 4.79 Å². The molecule has 2 N–H and O–H groups in total. The van der Waals surface area contributed by atoms with Crippen LogP contribution in [0.3, 0.4) is 0 Å². The highest BCUT2D eigenvalue weighted by atomic mass is 32.2. The number of carbonyl (C=O) groups is 2. The molecule has 1 heterocycles. The molecule has 15 heteroatoms. The zero-order valence-electron chi connectivity index (χ0n) is 27.8. The van der Waals surface area contributed by atoms with Gasteiger partial charge in [-0.25, -0.2) is 13.2 Å². The van der Waals surface area contributed by atoms with Crippen molar-refractivity contribution in [3.63, 3.8) is 0 Å². The number of nitrogens with zero attached hydrogens (tertiary/aromatic N) is 2. The molecule has 1 aliphatic heterocycles. The van der Waals surface area contributed by atoms with Crippen LogP contribution in [-0.4, -0.2) is 67.1 Å². The monoisotopic (exact) mass is 745 g/mol. The van der Waals surface area contributed by atoms with Gasteiger partial charge in [0.05, 0.1) is 11.0 Å². The molecule has 4 aromatic carbocycles. The predicted octanol–water partition coefficient (Wildman–Crippen LogP) is 6.95. The van der Waals surface area contributed by atoms with Crippen LogP contribution in [0.4, 0.5) is 22.0 Å². The summed E-state index contributed by atoms with van der Waals surface area (Å²) >= 11 is 0. The van der Waals surface area contributed by atoms with Crippen molar-refractivity contribution in [1.82, 2.24) is 9.37 Å². The molecule has 276 valence electrons. The number of likely N-dealkylation sites (tertiary alicyclic amines) is 1. The van der Waals surface area contributed by atoms with Crippen LogP contribution in [0.25, 0.3) is 21.9 Å². The summed E-state index contributed by atoms with van der Waals surface area (Å²) in [6, 6.07) is 17.3. The van der Waals surface area contributed by atoms with Gasteiger partial charge >= 0.3 is 18.1 Å². The van der Waals surface area contributed by atoms with E-state index in [2.05, 4.69) is 4.84 Å². The van der Waals surface area contributed by atoms with E-state index in [-0.39, 0.29) is 43.0 Å². The molecule has 4 aromatic rings. The summed E-state index contributed by atoms with van der Waals surface area (Å²) < 4.78 is 109. The van der Waals surface area contributed by atoms with Gasteiger partial charge in [-0.2, -0.15) is 22.0 Å². The topological polar surface area (TPSA) is 119 Å². The zero-order valence-corrected chi connectivity index (χ0v) is 28.6. The summed E-state index contributed by atoms with van der Waals surface area (Å²) in [7, 11) is -5.62. The summed E-state index contributed by atoms with van der Waals surface area (Å²) in [6.45, 7) is -0.391. The molecular weight excluding hydrogens is 709 g/mol. The number of hydrogen-bond acceptors (Lipinski definition) is 7. The van der Waals surface area contributed by atoms with Crippen LogP contribution in [0.1, 0.15) is 44.1 Å². The van der Waals surface area contributed by atoms with E-state index >= 15 is 8.78 Å². The third-order valence-corrected chi connectivity index (χ3v) is 10.9. The summed E-state index contributed by atoms with van der Waals surface area (Å²) in [5.41, 5.74) is 5.78. The molecule has 1 saturated carbocycles. The molecule has 0 bridgehead atoms. The van der Waals surface area contributed by atoms with Crippen molar-refractivity contribution in [1.29, 1.82) is 0 Å². The van der Waals surface area contributed by atoms with E-state index in [0.29, 0.717) is 16.7 Å². The van der Waals surface area contributed by atoms with Crippen molar-refractivity contribution in [3.8, 4) is 16.9 Å². The van der Waals surface area contributed by atoms with E-state index in [4.69, 9.17) is 10.5 Å². The maximum absolute atomic E-state index is 17.0. The van der Waals surface area contributed by atoms with Crippen LogP contribution in [0.5, 0.6) is 5.75 Å². The summed E-state index contributed by atoms with van der Waals surface area (Å²) in [5.74, 6) is -8.73. The number of fused-ring (bicyclic) bond motifs is 1. The van der Waals surface area contributed by atoms with Crippen molar-refractivity contribution in [2.24, 2.45) is 5.73 Å². The molecule has 52 heavy (non-hydrogen) atoms. The summed E-state index contributed by atoms with van der Waals surface area (Å²) in [6.07, 6.45) is -1.67. The van der Waals surface area contributed by atoms with Gasteiger partial charge in [-0.15, -0.1) is 0 Å². The summed E-state index contributed by atoms with van der Waals surface area (Å²) in [4.78, 5) is 30.9. The van der Waals surface area contributed by atoms with Crippen LogP contribution >= 0.6 is 0 Å². The average Bonchev–Trinajstić information content (AvgIpc) is 3.64. The number of ether oxygens (including phenoxy) is 1. The summed E-state index contributed by atoms with van der Waals surface area (Å²) in [5, 5.41) is 0.741. The van der Waals surface area contributed by atoms with Gasteiger partial charge in [0, 0.05) is 24.7 Å². The van der Waals surface area contributed by atoms with Gasteiger partial charge in [0.1, 0.15) is 5.75 Å². The Bertz CT molecular complexity index is 2030. The van der Waals surface area contributed by atoms with E-state index in [1.807, 2.05) is 0 Å². The lowest BCUT2D eigenvalue weighted by atomic mass is 9.95. The number of hydrogen-bond donors (Lipinski definition) is 1. The van der Waals surface area contributed by atoms with E-state index in [1.165, 1.54) is 24.3 Å². The van der Waals surface area contributed by atoms with Gasteiger partial charge < -0.3 is 20.2 Å². The normalized spacial score (nSPS) is 17.0. The van der Waals surface area contributed by atoms with Crippen molar-refractivity contribution >= 4 is 32.7 Å². The Morgan fingerprint density at radius 2 is 1.42 bits per heavy atom. The van der Waals surface area contributed by atoms with Crippen LogP contribution < -0.4 is 10.5 Å². The molecule has 1 amide bonds. The molecule has 0 aromatic heterocycles. The fraction of sp³-hybridized carbons (Fsp3) is 0.351. The van der Waals surface area contributed by atoms with Crippen LogP contribution in [-0.2, 0) is 30.4 Å². The highest BCUT2D eigenvalue weighted by molar-refractivity contribution is 7.89. The Hall–Kier alpha value is -4.60. The fourth-order valence-electron chi connectivity index (χ4n) is 6.48. The standard InChI is InChI=1S/C37H36F5N3O6S/c38-36(39,28-10-6-9-25(21-28)24-7-2-1-3-8-24)33(34(46)44-19-17-29(43)18-20-44)45(51-35(47)37(40,41)42)52(48,49)32-16-14-26-22-31(15-13-27(26)23-32)50-30-11-4-5-12-30/h1-3,6-10,13-16,21-23,29-30,33H,4-5,11-12,17-20,43H2/t33-/m0/s1. The number of carbonyl (C=O) groups excluding carboxylic acids is 2. The van der Waals surface area contributed by atoms with Gasteiger partial charge in [-0.1, -0.05) is 60.7 Å². The Balaban J connectivity index is 1.46. The molecule has 0 unspecified atom stereocenters. The first-order valence-electron chi connectivity index (χ1n) is 16.8. The second kappa shape index (κ2) is 14.8. The number of halogens is 5. The molecule has 0 spiro atoms. The first kappa shape index (κ1) is 37.2. The van der Waals surface area contributed by atoms with Crippen molar-refractivity contribution in [2.45, 2.75) is 73.7 Å². The first-order chi connectivity index (χ1) is 24.6. The van der Waals surface area contributed by atoms with Crippen molar-refractivity contribution in [2.75, 3.05) is 13.1 Å². The molecule has 1 saturated heterocycles. The van der Waals surface area contributed by atoms with E-state index in [1.54, 1.807) is 42.5 Å². The number of benzene rings is 4. The van der Waals surface area contributed by atoms with Crippen molar-refractivity contribution < 1.29 is 49.5 Å². The van der Waals surface area contributed by atoms with Crippen molar-refractivity contribution in [3.05, 3.63) is 96.6 Å². The largest absolute Gasteiger partial charge is 0.492 e. The number of piperidine rings is 1. The van der Waals surface area contributed by atoms with Crippen LogP contribution in [0, 0.1) is 0 Å². The lowest BCUT2D eigenvalue weighted by Crippen LogP contribution is -2.60. The quantitative estimate of drug-likeness (QED) is 0.138. The minimum atomic E-state index is -5.82. The van der Waals surface area contributed by atoms with Gasteiger partial charge in [0.2, 0.25) is 6.04 Å². The third-order valence-electron chi connectivity index (χ3n) is 9.32. The second-order valence-corrected chi connectivity index (χ2v) is 14.7. The molecular formula is C37H36F5N3O6S. The number of rotatable bonds is 10. The molecule has 1 atom stereocenters. The molecule has 6 rings (SSSR count). The van der Waals surface area contributed by atoms with Crippen LogP contribution in [0.15, 0.2) is 95.9 Å². The van der Waals surface area contributed by atoms with Gasteiger partial charge in [-0.05, 0) is 95.2 Å². The minimum absolute atomic E-state index is 0.0224. The third kappa shape index (κ3) is 7.91. The van der Waals surface area contributed by atoms with E-state index < -0.39 is 61.0 Å².